The van der Waals surface area contributed by atoms with E-state index in [-0.39, 0.29) is 6.54 Å². The molecule has 1 aliphatic carbocycles. The van der Waals surface area contributed by atoms with Gasteiger partial charge in [-0.2, -0.15) is 0 Å². The van der Waals surface area contributed by atoms with E-state index in [2.05, 4.69) is 0 Å². The van der Waals surface area contributed by atoms with Crippen molar-refractivity contribution in [2.75, 3.05) is 11.4 Å². The second kappa shape index (κ2) is 6.80. The average molecular weight is 282 g/mol. The summed E-state index contributed by atoms with van der Waals surface area (Å²) >= 11 is 5.90. The molecule has 4 heteroatoms. The second-order valence-electron chi connectivity index (χ2n) is 5.14. The maximum Gasteiger partial charge on any atom is 0.323 e. The fraction of sp³-hybridized carbons (Fsp3) is 0.533. The van der Waals surface area contributed by atoms with Crippen molar-refractivity contribution in [2.45, 2.75) is 44.6 Å². The van der Waals surface area contributed by atoms with Crippen LogP contribution in [0.1, 0.15) is 38.5 Å². The molecule has 0 unspecified atom stereocenters. The van der Waals surface area contributed by atoms with Crippen molar-refractivity contribution in [1.29, 1.82) is 0 Å². The van der Waals surface area contributed by atoms with Crippen LogP contribution < -0.4 is 4.90 Å². The number of halogens is 1. The highest BCUT2D eigenvalue weighted by Crippen LogP contribution is 2.27. The summed E-state index contributed by atoms with van der Waals surface area (Å²) in [6, 6.07) is 7.80. The Labute approximate surface area is 119 Å². The predicted octanol–water partition coefficient (Wildman–Crippen LogP) is 3.95. The Morgan fingerprint density at radius 3 is 2.26 bits per heavy atom. The number of carboxylic acids is 1. The molecule has 0 radical (unpaired) electrons. The smallest absolute Gasteiger partial charge is 0.323 e. The van der Waals surface area contributed by atoms with Gasteiger partial charge in [-0.1, -0.05) is 37.3 Å². The summed E-state index contributed by atoms with van der Waals surface area (Å²) in [7, 11) is 0. The van der Waals surface area contributed by atoms with Crippen LogP contribution in [-0.4, -0.2) is 23.7 Å². The highest BCUT2D eigenvalue weighted by atomic mass is 35.5. The number of hydrogen-bond acceptors (Lipinski definition) is 2. The van der Waals surface area contributed by atoms with E-state index in [0.717, 1.165) is 18.5 Å². The number of carboxylic acid groups (broad SMARTS) is 1. The molecule has 1 N–H and O–H groups in total. The first-order valence-corrected chi connectivity index (χ1v) is 7.28. The van der Waals surface area contributed by atoms with Crippen LogP contribution in [0.4, 0.5) is 5.69 Å². The molecule has 104 valence electrons. The molecule has 0 atom stereocenters. The molecule has 1 aromatic rings. The molecule has 0 aromatic heterocycles. The SMILES string of the molecule is O=C(O)CN(c1ccc(Cl)cc1)C1CCCCCC1. The lowest BCUT2D eigenvalue weighted by atomic mass is 10.1. The van der Waals surface area contributed by atoms with Gasteiger partial charge in [0.1, 0.15) is 6.54 Å². The minimum Gasteiger partial charge on any atom is -0.480 e. The van der Waals surface area contributed by atoms with Gasteiger partial charge in [0.15, 0.2) is 0 Å². The number of nitrogens with zero attached hydrogens (tertiary/aromatic N) is 1. The van der Waals surface area contributed by atoms with Crippen LogP contribution in [0.25, 0.3) is 0 Å². The van der Waals surface area contributed by atoms with E-state index in [1.807, 2.05) is 29.2 Å². The second-order valence-corrected chi connectivity index (χ2v) is 5.58. The molecule has 1 aliphatic rings. The third kappa shape index (κ3) is 4.13. The summed E-state index contributed by atoms with van der Waals surface area (Å²) in [5, 5.41) is 9.81. The van der Waals surface area contributed by atoms with Crippen molar-refractivity contribution < 1.29 is 9.90 Å². The molecule has 1 fully saturated rings. The summed E-state index contributed by atoms with van der Waals surface area (Å²) in [6.07, 6.45) is 7.06. The summed E-state index contributed by atoms with van der Waals surface area (Å²) in [4.78, 5) is 13.1. The van der Waals surface area contributed by atoms with Crippen molar-refractivity contribution in [2.24, 2.45) is 0 Å². The van der Waals surface area contributed by atoms with Crippen LogP contribution in [0.3, 0.4) is 0 Å². The quantitative estimate of drug-likeness (QED) is 0.850. The van der Waals surface area contributed by atoms with E-state index >= 15 is 0 Å². The van der Waals surface area contributed by atoms with Gasteiger partial charge in [0, 0.05) is 16.8 Å². The standard InChI is InChI=1S/C15H20ClNO2/c16-12-7-9-14(10-8-12)17(11-15(18)19)13-5-3-1-2-4-6-13/h7-10,13H,1-6,11H2,(H,18,19). The summed E-state index contributed by atoms with van der Waals surface area (Å²) < 4.78 is 0. The Kier molecular flexibility index (Phi) is 5.08. The summed E-state index contributed by atoms with van der Waals surface area (Å²) in [6.45, 7) is 0.0618. The van der Waals surface area contributed by atoms with Gasteiger partial charge in [-0.25, -0.2) is 0 Å². The van der Waals surface area contributed by atoms with Crippen molar-refractivity contribution in [3.05, 3.63) is 29.3 Å². The maximum absolute atomic E-state index is 11.1. The third-order valence-electron chi connectivity index (χ3n) is 3.73. The van der Waals surface area contributed by atoms with Crippen LogP contribution in [0.2, 0.25) is 5.02 Å². The number of anilines is 1. The van der Waals surface area contributed by atoms with Gasteiger partial charge in [0.05, 0.1) is 0 Å². The molecule has 1 aromatic carbocycles. The lowest BCUT2D eigenvalue weighted by Crippen LogP contribution is -2.39. The molecule has 0 aliphatic heterocycles. The average Bonchev–Trinajstić information content (AvgIpc) is 2.65. The van der Waals surface area contributed by atoms with Crippen LogP contribution in [-0.2, 0) is 4.79 Å². The Bertz CT molecular complexity index is 411. The number of carbonyl (C=O) groups is 1. The van der Waals surface area contributed by atoms with Crippen LogP contribution >= 0.6 is 11.6 Å². The predicted molar refractivity (Wildman–Crippen MR) is 77.9 cm³/mol. The fourth-order valence-electron chi connectivity index (χ4n) is 2.78. The lowest BCUT2D eigenvalue weighted by molar-refractivity contribution is -0.135. The fourth-order valence-corrected chi connectivity index (χ4v) is 2.90. The minimum absolute atomic E-state index is 0.0618. The Hall–Kier alpha value is -1.22. The molecule has 3 nitrogen and oxygen atoms in total. The lowest BCUT2D eigenvalue weighted by Gasteiger charge is -2.32. The molecule has 0 saturated heterocycles. The highest BCUT2D eigenvalue weighted by molar-refractivity contribution is 6.30. The van der Waals surface area contributed by atoms with E-state index in [4.69, 9.17) is 16.7 Å². The summed E-state index contributed by atoms with van der Waals surface area (Å²) in [5.74, 6) is -0.779. The number of hydrogen-bond donors (Lipinski definition) is 1. The normalized spacial score (nSPS) is 16.9. The Balaban J connectivity index is 2.18. The zero-order valence-electron chi connectivity index (χ0n) is 11.0. The molecular weight excluding hydrogens is 262 g/mol. The van der Waals surface area contributed by atoms with Crippen LogP contribution in [0, 0.1) is 0 Å². The van der Waals surface area contributed by atoms with Crippen molar-refractivity contribution in [3.8, 4) is 0 Å². The van der Waals surface area contributed by atoms with Gasteiger partial charge in [0.25, 0.3) is 0 Å². The topological polar surface area (TPSA) is 40.5 Å². The van der Waals surface area contributed by atoms with Gasteiger partial charge >= 0.3 is 5.97 Å². The Morgan fingerprint density at radius 1 is 1.16 bits per heavy atom. The van der Waals surface area contributed by atoms with Gasteiger partial charge in [-0.3, -0.25) is 4.79 Å². The third-order valence-corrected chi connectivity index (χ3v) is 3.98. The van der Waals surface area contributed by atoms with Crippen molar-refractivity contribution in [1.82, 2.24) is 0 Å². The number of aliphatic carboxylic acids is 1. The maximum atomic E-state index is 11.1. The van der Waals surface area contributed by atoms with Crippen molar-refractivity contribution in [3.63, 3.8) is 0 Å². The summed E-state index contributed by atoms with van der Waals surface area (Å²) in [5.41, 5.74) is 0.957. The monoisotopic (exact) mass is 281 g/mol. The largest absolute Gasteiger partial charge is 0.480 e. The van der Waals surface area contributed by atoms with Crippen molar-refractivity contribution >= 4 is 23.3 Å². The van der Waals surface area contributed by atoms with Gasteiger partial charge in [-0.05, 0) is 37.1 Å². The zero-order chi connectivity index (χ0) is 13.7. The van der Waals surface area contributed by atoms with E-state index in [0.29, 0.717) is 11.1 Å². The van der Waals surface area contributed by atoms with Crippen LogP contribution in [0.5, 0.6) is 0 Å². The van der Waals surface area contributed by atoms with Crippen LogP contribution in [0.15, 0.2) is 24.3 Å². The molecule has 1 saturated carbocycles. The Morgan fingerprint density at radius 2 is 1.74 bits per heavy atom. The van der Waals surface area contributed by atoms with E-state index in [1.54, 1.807) is 0 Å². The zero-order valence-corrected chi connectivity index (χ0v) is 11.8. The number of rotatable bonds is 4. The molecule has 0 amide bonds. The van der Waals surface area contributed by atoms with E-state index < -0.39 is 5.97 Å². The molecule has 19 heavy (non-hydrogen) atoms. The van der Waals surface area contributed by atoms with Gasteiger partial charge < -0.3 is 10.0 Å². The molecule has 2 rings (SSSR count). The molecular formula is C15H20ClNO2. The molecule has 0 heterocycles. The highest BCUT2D eigenvalue weighted by Gasteiger charge is 2.22. The van der Waals surface area contributed by atoms with E-state index in [1.165, 1.54) is 25.7 Å². The molecule has 0 bridgehead atoms. The van der Waals surface area contributed by atoms with Gasteiger partial charge in [-0.15, -0.1) is 0 Å². The minimum atomic E-state index is -0.779. The first kappa shape index (κ1) is 14.2. The first-order valence-electron chi connectivity index (χ1n) is 6.91. The number of benzene rings is 1. The van der Waals surface area contributed by atoms with Gasteiger partial charge in [0.2, 0.25) is 0 Å². The molecule has 0 spiro atoms. The van der Waals surface area contributed by atoms with E-state index in [9.17, 15) is 4.79 Å². The first-order chi connectivity index (χ1) is 9.16.